The van der Waals surface area contributed by atoms with Gasteiger partial charge in [0.15, 0.2) is 0 Å². The number of hydrogen-bond acceptors (Lipinski definition) is 4. The van der Waals surface area contributed by atoms with E-state index in [9.17, 15) is 0 Å². The number of ether oxygens (including phenoxy) is 1. The van der Waals surface area contributed by atoms with Gasteiger partial charge >= 0.3 is 0 Å². The van der Waals surface area contributed by atoms with Crippen LogP contribution in [0, 0.1) is 0 Å². The van der Waals surface area contributed by atoms with Gasteiger partial charge in [-0.2, -0.15) is 0 Å². The first-order valence-corrected chi connectivity index (χ1v) is 8.65. The topological polar surface area (TPSA) is 27.7 Å². The lowest BCUT2D eigenvalue weighted by atomic mass is 10.2. The molecule has 4 nitrogen and oxygen atoms in total. The fourth-order valence-corrected chi connectivity index (χ4v) is 3.38. The summed E-state index contributed by atoms with van der Waals surface area (Å²) in [5.41, 5.74) is 0. The summed E-state index contributed by atoms with van der Waals surface area (Å²) in [5, 5.41) is 3.56. The summed E-state index contributed by atoms with van der Waals surface area (Å²) >= 11 is 0. The van der Waals surface area contributed by atoms with Gasteiger partial charge in [-0.25, -0.2) is 0 Å². The molecule has 2 saturated heterocycles. The molecule has 4 heteroatoms. The third-order valence-electron chi connectivity index (χ3n) is 4.61. The lowest BCUT2D eigenvalue weighted by Gasteiger charge is -2.23. The summed E-state index contributed by atoms with van der Waals surface area (Å²) in [6.07, 6.45) is 6.63. The molecule has 0 aromatic carbocycles. The van der Waals surface area contributed by atoms with Crippen molar-refractivity contribution in [2.75, 3.05) is 59.0 Å². The van der Waals surface area contributed by atoms with Crippen LogP contribution in [0.25, 0.3) is 0 Å². The standard InChI is InChI=1S/C16H33N3O/c1-2-20-14-6-3-8-17-9-13-18-12-7-16(15-18)19-10-4-5-11-19/h16-17H,2-15H2,1H3. The summed E-state index contributed by atoms with van der Waals surface area (Å²) in [7, 11) is 0. The molecule has 20 heavy (non-hydrogen) atoms. The Bertz CT molecular complexity index is 244. The number of hydrogen-bond donors (Lipinski definition) is 1. The van der Waals surface area contributed by atoms with Crippen molar-refractivity contribution in [2.45, 2.75) is 45.1 Å². The Morgan fingerprint density at radius 2 is 1.95 bits per heavy atom. The highest BCUT2D eigenvalue weighted by Crippen LogP contribution is 2.19. The van der Waals surface area contributed by atoms with E-state index in [1.807, 2.05) is 0 Å². The number of nitrogens with zero attached hydrogens (tertiary/aromatic N) is 2. The smallest absolute Gasteiger partial charge is 0.0466 e. The van der Waals surface area contributed by atoms with Crippen molar-refractivity contribution in [1.82, 2.24) is 15.1 Å². The molecule has 0 amide bonds. The molecule has 2 fully saturated rings. The summed E-state index contributed by atoms with van der Waals surface area (Å²) in [6, 6.07) is 0.851. The van der Waals surface area contributed by atoms with E-state index in [4.69, 9.17) is 4.74 Å². The minimum Gasteiger partial charge on any atom is -0.382 e. The summed E-state index contributed by atoms with van der Waals surface area (Å²) in [4.78, 5) is 5.34. The SMILES string of the molecule is CCOCCCCNCCN1CCC(N2CCCC2)C1. The van der Waals surface area contributed by atoms with E-state index in [-0.39, 0.29) is 0 Å². The molecule has 1 N–H and O–H groups in total. The van der Waals surface area contributed by atoms with Crippen LogP contribution < -0.4 is 5.32 Å². The van der Waals surface area contributed by atoms with Crippen LogP contribution in [-0.4, -0.2) is 74.9 Å². The normalized spacial score (nSPS) is 24.8. The summed E-state index contributed by atoms with van der Waals surface area (Å²) < 4.78 is 5.34. The van der Waals surface area contributed by atoms with E-state index in [0.717, 1.165) is 32.3 Å². The number of likely N-dealkylation sites (tertiary alicyclic amines) is 2. The first-order chi connectivity index (χ1) is 9.90. The van der Waals surface area contributed by atoms with Gasteiger partial charge in [-0.05, 0) is 65.2 Å². The average molecular weight is 283 g/mol. The predicted octanol–water partition coefficient (Wildman–Crippen LogP) is 1.56. The van der Waals surface area contributed by atoms with Crippen molar-refractivity contribution in [2.24, 2.45) is 0 Å². The van der Waals surface area contributed by atoms with Gasteiger partial charge in [0.1, 0.15) is 0 Å². The van der Waals surface area contributed by atoms with E-state index < -0.39 is 0 Å². The summed E-state index contributed by atoms with van der Waals surface area (Å²) in [6.45, 7) is 12.6. The van der Waals surface area contributed by atoms with Crippen molar-refractivity contribution in [3.63, 3.8) is 0 Å². The van der Waals surface area contributed by atoms with Crippen molar-refractivity contribution in [3.8, 4) is 0 Å². The van der Waals surface area contributed by atoms with Crippen molar-refractivity contribution >= 4 is 0 Å². The second kappa shape index (κ2) is 9.72. The Hall–Kier alpha value is -0.160. The van der Waals surface area contributed by atoms with E-state index in [1.165, 1.54) is 64.8 Å². The molecule has 118 valence electrons. The molecule has 1 atom stereocenters. The van der Waals surface area contributed by atoms with Gasteiger partial charge in [0, 0.05) is 38.9 Å². The fourth-order valence-electron chi connectivity index (χ4n) is 3.38. The minimum absolute atomic E-state index is 0.848. The zero-order chi connectivity index (χ0) is 14.0. The zero-order valence-electron chi connectivity index (χ0n) is 13.3. The highest BCUT2D eigenvalue weighted by atomic mass is 16.5. The van der Waals surface area contributed by atoms with Gasteiger partial charge in [0.25, 0.3) is 0 Å². The fraction of sp³-hybridized carbons (Fsp3) is 1.00. The molecule has 0 aliphatic carbocycles. The summed E-state index contributed by atoms with van der Waals surface area (Å²) in [5.74, 6) is 0. The molecule has 1 unspecified atom stereocenters. The van der Waals surface area contributed by atoms with Gasteiger partial charge in [-0.1, -0.05) is 0 Å². The van der Waals surface area contributed by atoms with Crippen LogP contribution in [0.5, 0.6) is 0 Å². The van der Waals surface area contributed by atoms with Crippen LogP contribution in [0.4, 0.5) is 0 Å². The third-order valence-corrected chi connectivity index (χ3v) is 4.61. The maximum Gasteiger partial charge on any atom is 0.0466 e. The second-order valence-corrected chi connectivity index (χ2v) is 6.14. The van der Waals surface area contributed by atoms with Crippen molar-refractivity contribution in [1.29, 1.82) is 0 Å². The number of unbranched alkanes of at least 4 members (excludes halogenated alkanes) is 1. The third kappa shape index (κ3) is 5.68. The Balaban J connectivity index is 1.43. The highest BCUT2D eigenvalue weighted by Gasteiger charge is 2.28. The molecule has 0 aromatic heterocycles. The number of nitrogens with one attached hydrogen (secondary N) is 1. The Kier molecular flexibility index (Phi) is 7.88. The maximum absolute atomic E-state index is 5.34. The van der Waals surface area contributed by atoms with Crippen molar-refractivity contribution in [3.05, 3.63) is 0 Å². The first-order valence-electron chi connectivity index (χ1n) is 8.65. The average Bonchev–Trinajstić information content (AvgIpc) is 3.12. The Labute approximate surface area is 124 Å². The van der Waals surface area contributed by atoms with E-state index in [1.54, 1.807) is 0 Å². The minimum atomic E-state index is 0.848. The van der Waals surface area contributed by atoms with Gasteiger partial charge in [-0.3, -0.25) is 4.90 Å². The van der Waals surface area contributed by atoms with E-state index in [2.05, 4.69) is 22.0 Å². The van der Waals surface area contributed by atoms with Crippen LogP contribution >= 0.6 is 0 Å². The second-order valence-electron chi connectivity index (χ2n) is 6.14. The van der Waals surface area contributed by atoms with Gasteiger partial charge in [0.05, 0.1) is 0 Å². The molecule has 0 spiro atoms. The molecular weight excluding hydrogens is 250 g/mol. The van der Waals surface area contributed by atoms with Crippen molar-refractivity contribution < 1.29 is 4.74 Å². The molecular formula is C16H33N3O. The zero-order valence-corrected chi connectivity index (χ0v) is 13.3. The van der Waals surface area contributed by atoms with Crippen LogP contribution in [0.15, 0.2) is 0 Å². The monoisotopic (exact) mass is 283 g/mol. The van der Waals surface area contributed by atoms with Gasteiger partial charge in [-0.15, -0.1) is 0 Å². The van der Waals surface area contributed by atoms with Crippen LogP contribution in [0.2, 0.25) is 0 Å². The quantitative estimate of drug-likeness (QED) is 0.616. The maximum atomic E-state index is 5.34. The molecule has 2 aliphatic rings. The van der Waals surface area contributed by atoms with E-state index >= 15 is 0 Å². The molecule has 2 rings (SSSR count). The number of rotatable bonds is 10. The van der Waals surface area contributed by atoms with Gasteiger partial charge in [0.2, 0.25) is 0 Å². The highest BCUT2D eigenvalue weighted by molar-refractivity contribution is 4.85. The predicted molar refractivity (Wildman–Crippen MR) is 84.2 cm³/mol. The Morgan fingerprint density at radius 3 is 2.75 bits per heavy atom. The van der Waals surface area contributed by atoms with E-state index in [0.29, 0.717) is 0 Å². The van der Waals surface area contributed by atoms with Gasteiger partial charge < -0.3 is 15.0 Å². The molecule has 0 saturated carbocycles. The van der Waals surface area contributed by atoms with Crippen LogP contribution in [0.1, 0.15) is 39.0 Å². The molecule has 0 aromatic rings. The Morgan fingerprint density at radius 1 is 1.10 bits per heavy atom. The van der Waals surface area contributed by atoms with Crippen LogP contribution in [-0.2, 0) is 4.74 Å². The first kappa shape index (κ1) is 16.2. The lowest BCUT2D eigenvalue weighted by molar-refractivity contribution is 0.143. The lowest BCUT2D eigenvalue weighted by Crippen LogP contribution is -2.37. The largest absolute Gasteiger partial charge is 0.382 e. The molecule has 2 aliphatic heterocycles. The molecule has 2 heterocycles. The van der Waals surface area contributed by atoms with Crippen LogP contribution in [0.3, 0.4) is 0 Å². The molecule has 0 bridgehead atoms. The molecule has 0 radical (unpaired) electrons.